The molecule has 20 heavy (non-hydrogen) atoms. The molecule has 0 amide bonds. The van der Waals surface area contributed by atoms with Gasteiger partial charge in [-0.25, -0.2) is 0 Å². The zero-order valence-electron chi connectivity index (χ0n) is 11.4. The van der Waals surface area contributed by atoms with Crippen LogP contribution in [-0.4, -0.2) is 12.0 Å². The Morgan fingerprint density at radius 3 is 2.70 bits per heavy atom. The number of para-hydroxylation sites is 1. The third kappa shape index (κ3) is 2.30. The third-order valence-corrected chi connectivity index (χ3v) is 3.59. The summed E-state index contributed by atoms with van der Waals surface area (Å²) in [6.07, 6.45) is 0. The molecule has 3 rings (SSSR count). The van der Waals surface area contributed by atoms with Crippen LogP contribution < -0.4 is 5.32 Å². The smallest absolute Gasteiger partial charge is 0.152 e. The summed E-state index contributed by atoms with van der Waals surface area (Å²) in [6, 6.07) is 13.6. The Morgan fingerprint density at radius 2 is 2.00 bits per heavy atom. The average Bonchev–Trinajstić information content (AvgIpc) is 2.85. The van der Waals surface area contributed by atoms with Crippen molar-refractivity contribution < 1.29 is 4.42 Å². The Hall–Kier alpha value is -1.84. The van der Waals surface area contributed by atoms with Gasteiger partial charge in [-0.15, -0.1) is 0 Å². The quantitative estimate of drug-likeness (QED) is 0.788. The first-order chi connectivity index (χ1) is 9.69. The Morgan fingerprint density at radius 1 is 1.20 bits per heavy atom. The van der Waals surface area contributed by atoms with E-state index in [2.05, 4.69) is 10.3 Å². The molecule has 2 aromatic heterocycles. The highest BCUT2D eigenvalue weighted by Gasteiger charge is 2.18. The van der Waals surface area contributed by atoms with Crippen molar-refractivity contribution in [3.05, 3.63) is 64.6 Å². The number of halogens is 1. The number of furan rings is 1. The number of benzene rings is 1. The van der Waals surface area contributed by atoms with Gasteiger partial charge in [-0.1, -0.05) is 29.8 Å². The minimum atomic E-state index is -0.0848. The van der Waals surface area contributed by atoms with E-state index in [0.717, 1.165) is 28.1 Å². The number of nitrogens with zero attached hydrogens (tertiary/aromatic N) is 1. The highest BCUT2D eigenvalue weighted by atomic mass is 35.5. The molecule has 3 nitrogen and oxygen atoms in total. The van der Waals surface area contributed by atoms with Gasteiger partial charge in [-0.3, -0.25) is 4.98 Å². The first-order valence-electron chi connectivity index (χ1n) is 6.48. The SMILES string of the molecule is CNC(c1cccc(C)n1)c1cc2cccc(Cl)c2o1. The Labute approximate surface area is 122 Å². The minimum absolute atomic E-state index is 0.0848. The lowest BCUT2D eigenvalue weighted by atomic mass is 10.1. The summed E-state index contributed by atoms with van der Waals surface area (Å²) in [6.45, 7) is 1.98. The van der Waals surface area contributed by atoms with Gasteiger partial charge in [-0.05, 0) is 38.2 Å². The minimum Gasteiger partial charge on any atom is -0.457 e. The molecule has 3 aromatic rings. The standard InChI is InChI=1S/C16H15ClN2O/c1-10-5-3-8-13(19-10)15(18-2)14-9-11-6-4-7-12(17)16(11)20-14/h3-9,15,18H,1-2H3. The molecule has 1 aromatic carbocycles. The highest BCUT2D eigenvalue weighted by molar-refractivity contribution is 6.34. The first-order valence-corrected chi connectivity index (χ1v) is 6.85. The van der Waals surface area contributed by atoms with Crippen molar-refractivity contribution in [3.8, 4) is 0 Å². The summed E-state index contributed by atoms with van der Waals surface area (Å²) >= 11 is 6.16. The molecular formula is C16H15ClN2O. The zero-order chi connectivity index (χ0) is 14.1. The molecule has 0 aliphatic carbocycles. The van der Waals surface area contributed by atoms with Crippen LogP contribution in [-0.2, 0) is 0 Å². The fraction of sp³-hybridized carbons (Fsp3) is 0.188. The summed E-state index contributed by atoms with van der Waals surface area (Å²) in [4.78, 5) is 4.56. The van der Waals surface area contributed by atoms with Crippen LogP contribution >= 0.6 is 11.6 Å². The molecule has 2 heterocycles. The molecule has 0 aliphatic heterocycles. The predicted octanol–water partition coefficient (Wildman–Crippen LogP) is 4.10. The van der Waals surface area contributed by atoms with E-state index in [1.54, 1.807) is 0 Å². The zero-order valence-corrected chi connectivity index (χ0v) is 12.1. The Balaban J connectivity index is 2.09. The number of aryl methyl sites for hydroxylation is 1. The third-order valence-electron chi connectivity index (χ3n) is 3.29. The van der Waals surface area contributed by atoms with Gasteiger partial charge in [-0.2, -0.15) is 0 Å². The van der Waals surface area contributed by atoms with Gasteiger partial charge in [0.25, 0.3) is 0 Å². The van der Waals surface area contributed by atoms with Crippen LogP contribution in [0.2, 0.25) is 5.02 Å². The molecule has 0 saturated heterocycles. The van der Waals surface area contributed by atoms with Gasteiger partial charge in [0.05, 0.1) is 10.7 Å². The molecule has 1 N–H and O–H groups in total. The van der Waals surface area contributed by atoms with E-state index in [-0.39, 0.29) is 6.04 Å². The number of hydrogen-bond donors (Lipinski definition) is 1. The molecule has 1 unspecified atom stereocenters. The summed E-state index contributed by atoms with van der Waals surface area (Å²) in [5.41, 5.74) is 2.64. The van der Waals surface area contributed by atoms with E-state index < -0.39 is 0 Å². The number of aromatic nitrogens is 1. The number of fused-ring (bicyclic) bond motifs is 1. The van der Waals surface area contributed by atoms with Crippen molar-refractivity contribution >= 4 is 22.6 Å². The van der Waals surface area contributed by atoms with Crippen LogP contribution in [0.15, 0.2) is 46.9 Å². The molecule has 0 radical (unpaired) electrons. The fourth-order valence-corrected chi connectivity index (χ4v) is 2.57. The largest absolute Gasteiger partial charge is 0.457 e. The molecule has 0 aliphatic rings. The molecule has 102 valence electrons. The van der Waals surface area contributed by atoms with E-state index in [1.165, 1.54) is 0 Å². The second kappa shape index (κ2) is 5.27. The second-order valence-corrected chi connectivity index (χ2v) is 5.14. The molecule has 4 heteroatoms. The van der Waals surface area contributed by atoms with E-state index >= 15 is 0 Å². The first kappa shape index (κ1) is 13.2. The van der Waals surface area contributed by atoms with Gasteiger partial charge in [0.2, 0.25) is 0 Å². The normalized spacial score (nSPS) is 12.8. The van der Waals surface area contributed by atoms with Gasteiger partial charge in [0, 0.05) is 11.1 Å². The lowest BCUT2D eigenvalue weighted by Gasteiger charge is -2.13. The second-order valence-electron chi connectivity index (χ2n) is 4.73. The van der Waals surface area contributed by atoms with E-state index in [1.807, 2.05) is 56.4 Å². The Bertz CT molecular complexity index is 751. The fourth-order valence-electron chi connectivity index (χ4n) is 2.35. The van der Waals surface area contributed by atoms with E-state index in [4.69, 9.17) is 16.0 Å². The number of rotatable bonds is 3. The van der Waals surface area contributed by atoms with E-state index in [9.17, 15) is 0 Å². The maximum absolute atomic E-state index is 6.16. The average molecular weight is 287 g/mol. The van der Waals surface area contributed by atoms with Crippen LogP contribution in [0.5, 0.6) is 0 Å². The van der Waals surface area contributed by atoms with Crippen molar-refractivity contribution in [2.24, 2.45) is 0 Å². The topological polar surface area (TPSA) is 38.1 Å². The maximum Gasteiger partial charge on any atom is 0.152 e. The summed E-state index contributed by atoms with van der Waals surface area (Å²) in [5, 5.41) is 4.87. The van der Waals surface area contributed by atoms with E-state index in [0.29, 0.717) is 5.02 Å². The van der Waals surface area contributed by atoms with Gasteiger partial charge in [0.1, 0.15) is 11.8 Å². The number of pyridine rings is 1. The predicted molar refractivity (Wildman–Crippen MR) is 81.1 cm³/mol. The van der Waals surface area contributed by atoms with Gasteiger partial charge in [0.15, 0.2) is 5.58 Å². The summed E-state index contributed by atoms with van der Waals surface area (Å²) in [5.74, 6) is 0.814. The van der Waals surface area contributed by atoms with Crippen LogP contribution in [0, 0.1) is 6.92 Å². The van der Waals surface area contributed by atoms with Gasteiger partial charge < -0.3 is 9.73 Å². The molecule has 0 saturated carbocycles. The number of hydrogen-bond acceptors (Lipinski definition) is 3. The summed E-state index contributed by atoms with van der Waals surface area (Å²) < 4.78 is 5.91. The molecule has 1 atom stereocenters. The Kier molecular flexibility index (Phi) is 3.47. The van der Waals surface area contributed by atoms with Gasteiger partial charge >= 0.3 is 0 Å². The van der Waals surface area contributed by atoms with Crippen molar-refractivity contribution in [1.29, 1.82) is 0 Å². The van der Waals surface area contributed by atoms with Crippen LogP contribution in [0.3, 0.4) is 0 Å². The van der Waals surface area contributed by atoms with Crippen molar-refractivity contribution in [1.82, 2.24) is 10.3 Å². The maximum atomic E-state index is 6.16. The van der Waals surface area contributed by atoms with Crippen molar-refractivity contribution in [2.45, 2.75) is 13.0 Å². The lowest BCUT2D eigenvalue weighted by Crippen LogP contribution is -2.18. The highest BCUT2D eigenvalue weighted by Crippen LogP contribution is 2.31. The monoisotopic (exact) mass is 286 g/mol. The molecule has 0 bridgehead atoms. The van der Waals surface area contributed by atoms with Crippen molar-refractivity contribution in [3.63, 3.8) is 0 Å². The molecular weight excluding hydrogens is 272 g/mol. The van der Waals surface area contributed by atoms with Crippen LogP contribution in [0.1, 0.15) is 23.2 Å². The molecule has 0 fully saturated rings. The van der Waals surface area contributed by atoms with Crippen molar-refractivity contribution in [2.75, 3.05) is 7.05 Å². The number of nitrogens with one attached hydrogen (secondary N) is 1. The summed E-state index contributed by atoms with van der Waals surface area (Å²) in [7, 11) is 1.89. The van der Waals surface area contributed by atoms with Crippen LogP contribution in [0.25, 0.3) is 11.0 Å². The molecule has 0 spiro atoms. The van der Waals surface area contributed by atoms with Crippen LogP contribution in [0.4, 0.5) is 0 Å². The lowest BCUT2D eigenvalue weighted by molar-refractivity contribution is 0.485.